The Hall–Kier alpha value is -2.66. The molecule has 0 aliphatic carbocycles. The molecule has 3 rings (SSSR count). The molecule has 0 unspecified atom stereocenters. The lowest BCUT2D eigenvalue weighted by Gasteiger charge is -2.26. The summed E-state index contributed by atoms with van der Waals surface area (Å²) in [6.07, 6.45) is 0.118. The minimum absolute atomic E-state index is 0.0665. The number of primary amides is 1. The number of anilines is 1. The Morgan fingerprint density at radius 2 is 1.81 bits per heavy atom. The number of carbonyl (C=O) groups is 2. The molecule has 0 aromatic heterocycles. The van der Waals surface area contributed by atoms with Gasteiger partial charge in [0.25, 0.3) is 5.91 Å². The zero-order valence-electron chi connectivity index (χ0n) is 16.5. The number of hydrogen-bond donors (Lipinski definition) is 2. The standard InChI is InChI=1S/C20H22ClN3O6S/c21-17-6-3-15(12-18(17)31(27,28)24-7-9-29-10-8-24)23-20(26)13-30-16-4-1-14(2-5-16)11-19(22)25/h1-6,12H,7-11,13H2,(H2,22,25)(H,23,26). The molecule has 31 heavy (non-hydrogen) atoms. The second-order valence-corrected chi connectivity index (χ2v) is 9.10. The molecule has 0 spiro atoms. The van der Waals surface area contributed by atoms with Gasteiger partial charge in [0, 0.05) is 18.8 Å². The van der Waals surface area contributed by atoms with Gasteiger partial charge < -0.3 is 20.5 Å². The van der Waals surface area contributed by atoms with Gasteiger partial charge in [0.2, 0.25) is 15.9 Å². The number of benzene rings is 2. The number of carbonyl (C=O) groups excluding carboxylic acids is 2. The van der Waals surface area contributed by atoms with Gasteiger partial charge in [0.15, 0.2) is 6.61 Å². The first-order valence-electron chi connectivity index (χ1n) is 9.43. The van der Waals surface area contributed by atoms with E-state index in [0.29, 0.717) is 19.0 Å². The fourth-order valence-electron chi connectivity index (χ4n) is 2.96. The van der Waals surface area contributed by atoms with Crippen molar-refractivity contribution >= 4 is 39.1 Å². The molecule has 0 saturated carbocycles. The largest absolute Gasteiger partial charge is 0.484 e. The number of hydrogen-bond acceptors (Lipinski definition) is 6. The fourth-order valence-corrected chi connectivity index (χ4v) is 4.86. The van der Waals surface area contributed by atoms with Gasteiger partial charge in [-0.2, -0.15) is 4.31 Å². The van der Waals surface area contributed by atoms with E-state index in [1.807, 2.05) is 0 Å². The fraction of sp³-hybridized carbons (Fsp3) is 0.300. The molecule has 1 saturated heterocycles. The van der Waals surface area contributed by atoms with Gasteiger partial charge in [0.1, 0.15) is 10.6 Å². The van der Waals surface area contributed by atoms with E-state index in [1.54, 1.807) is 24.3 Å². The number of ether oxygens (including phenoxy) is 2. The average Bonchev–Trinajstić information content (AvgIpc) is 2.75. The number of nitrogens with one attached hydrogen (secondary N) is 1. The summed E-state index contributed by atoms with van der Waals surface area (Å²) >= 11 is 6.12. The summed E-state index contributed by atoms with van der Waals surface area (Å²) < 4.78 is 37.7. The number of sulfonamides is 1. The monoisotopic (exact) mass is 467 g/mol. The molecule has 11 heteroatoms. The van der Waals surface area contributed by atoms with Gasteiger partial charge in [0.05, 0.1) is 24.7 Å². The maximum Gasteiger partial charge on any atom is 0.262 e. The number of halogens is 1. The molecule has 0 bridgehead atoms. The smallest absolute Gasteiger partial charge is 0.262 e. The maximum atomic E-state index is 12.9. The summed E-state index contributed by atoms with van der Waals surface area (Å²) in [7, 11) is -3.81. The van der Waals surface area contributed by atoms with E-state index >= 15 is 0 Å². The zero-order chi connectivity index (χ0) is 22.4. The molecular weight excluding hydrogens is 446 g/mol. The van der Waals surface area contributed by atoms with Crippen molar-refractivity contribution in [2.45, 2.75) is 11.3 Å². The quantitative estimate of drug-likeness (QED) is 0.604. The van der Waals surface area contributed by atoms with Crippen LogP contribution >= 0.6 is 11.6 Å². The number of nitrogens with zero attached hydrogens (tertiary/aromatic N) is 1. The predicted molar refractivity (Wildman–Crippen MR) is 114 cm³/mol. The van der Waals surface area contributed by atoms with Crippen molar-refractivity contribution in [3.05, 3.63) is 53.1 Å². The zero-order valence-corrected chi connectivity index (χ0v) is 18.1. The third kappa shape index (κ3) is 6.17. The molecule has 1 aliphatic rings. The van der Waals surface area contributed by atoms with E-state index in [1.165, 1.54) is 22.5 Å². The molecule has 3 N–H and O–H groups in total. The maximum absolute atomic E-state index is 12.9. The Morgan fingerprint density at radius 3 is 2.45 bits per heavy atom. The van der Waals surface area contributed by atoms with Crippen molar-refractivity contribution < 1.29 is 27.5 Å². The first kappa shape index (κ1) is 23.0. The highest BCUT2D eigenvalue weighted by Gasteiger charge is 2.28. The number of rotatable bonds is 8. The molecule has 1 fully saturated rings. The molecule has 2 aromatic rings. The highest BCUT2D eigenvalue weighted by atomic mass is 35.5. The van der Waals surface area contributed by atoms with Crippen LogP contribution in [-0.4, -0.2) is 57.4 Å². The molecule has 2 amide bonds. The van der Waals surface area contributed by atoms with E-state index in [9.17, 15) is 18.0 Å². The normalized spacial score (nSPS) is 14.7. The van der Waals surface area contributed by atoms with Crippen LogP contribution < -0.4 is 15.8 Å². The van der Waals surface area contributed by atoms with E-state index in [-0.39, 0.29) is 41.7 Å². The Labute approximate surface area is 185 Å². The second-order valence-electron chi connectivity index (χ2n) is 6.79. The van der Waals surface area contributed by atoms with E-state index in [2.05, 4.69) is 5.32 Å². The summed E-state index contributed by atoms with van der Waals surface area (Å²) in [6, 6.07) is 10.9. The van der Waals surface area contributed by atoms with E-state index in [0.717, 1.165) is 5.56 Å². The van der Waals surface area contributed by atoms with E-state index < -0.39 is 21.8 Å². The van der Waals surface area contributed by atoms with Crippen LogP contribution in [0, 0.1) is 0 Å². The van der Waals surface area contributed by atoms with Gasteiger partial charge in [-0.15, -0.1) is 0 Å². The van der Waals surface area contributed by atoms with E-state index in [4.69, 9.17) is 26.8 Å². The molecule has 9 nitrogen and oxygen atoms in total. The van der Waals surface area contributed by atoms with Crippen molar-refractivity contribution in [1.29, 1.82) is 0 Å². The third-order valence-electron chi connectivity index (χ3n) is 4.47. The van der Waals surface area contributed by atoms with Crippen LogP contribution in [0.1, 0.15) is 5.56 Å². The Kier molecular flexibility index (Phi) is 7.50. The summed E-state index contributed by atoms with van der Waals surface area (Å²) in [6.45, 7) is 0.814. The lowest BCUT2D eigenvalue weighted by molar-refractivity contribution is -0.118. The summed E-state index contributed by atoms with van der Waals surface area (Å²) in [5.41, 5.74) is 6.16. The second kappa shape index (κ2) is 10.1. The molecule has 1 heterocycles. The van der Waals surface area contributed by atoms with Crippen LogP contribution in [0.2, 0.25) is 5.02 Å². The highest BCUT2D eigenvalue weighted by molar-refractivity contribution is 7.89. The molecular formula is C20H22ClN3O6S. The topological polar surface area (TPSA) is 128 Å². The molecule has 2 aromatic carbocycles. The SMILES string of the molecule is NC(=O)Cc1ccc(OCC(=O)Nc2ccc(Cl)c(S(=O)(=O)N3CCOCC3)c2)cc1. The van der Waals surface area contributed by atoms with Crippen LogP contribution in [-0.2, 0) is 30.8 Å². The Bertz CT molecular complexity index is 1050. The van der Waals surface area contributed by atoms with Gasteiger partial charge in [-0.05, 0) is 35.9 Å². The van der Waals surface area contributed by atoms with Crippen molar-refractivity contribution in [1.82, 2.24) is 4.31 Å². The van der Waals surface area contributed by atoms with Crippen LogP contribution in [0.3, 0.4) is 0 Å². The molecule has 0 atom stereocenters. The summed E-state index contributed by atoms with van der Waals surface area (Å²) in [4.78, 5) is 23.1. The number of amides is 2. The highest BCUT2D eigenvalue weighted by Crippen LogP contribution is 2.28. The van der Waals surface area contributed by atoms with Crippen molar-refractivity contribution in [2.75, 3.05) is 38.2 Å². The van der Waals surface area contributed by atoms with Gasteiger partial charge in [-0.25, -0.2) is 8.42 Å². The van der Waals surface area contributed by atoms with Crippen LogP contribution in [0.15, 0.2) is 47.4 Å². The predicted octanol–water partition coefficient (Wildman–Crippen LogP) is 1.41. The van der Waals surface area contributed by atoms with Crippen LogP contribution in [0.25, 0.3) is 0 Å². The minimum Gasteiger partial charge on any atom is -0.484 e. The van der Waals surface area contributed by atoms with Crippen molar-refractivity contribution in [2.24, 2.45) is 5.73 Å². The lowest BCUT2D eigenvalue weighted by Crippen LogP contribution is -2.40. The van der Waals surface area contributed by atoms with Gasteiger partial charge >= 0.3 is 0 Å². The Balaban J connectivity index is 1.62. The van der Waals surface area contributed by atoms with Gasteiger partial charge in [-0.3, -0.25) is 9.59 Å². The van der Waals surface area contributed by atoms with Crippen molar-refractivity contribution in [3.8, 4) is 5.75 Å². The van der Waals surface area contributed by atoms with Gasteiger partial charge in [-0.1, -0.05) is 23.7 Å². The lowest BCUT2D eigenvalue weighted by atomic mass is 10.1. The minimum atomic E-state index is -3.81. The summed E-state index contributed by atoms with van der Waals surface area (Å²) in [5, 5.41) is 2.67. The summed E-state index contributed by atoms with van der Waals surface area (Å²) in [5.74, 6) is -0.473. The van der Waals surface area contributed by atoms with Crippen LogP contribution in [0.4, 0.5) is 5.69 Å². The number of nitrogens with two attached hydrogens (primary N) is 1. The molecule has 166 valence electrons. The van der Waals surface area contributed by atoms with Crippen LogP contribution in [0.5, 0.6) is 5.75 Å². The molecule has 0 radical (unpaired) electrons. The number of morpholine rings is 1. The third-order valence-corrected chi connectivity index (χ3v) is 6.85. The first-order chi connectivity index (χ1) is 14.8. The first-order valence-corrected chi connectivity index (χ1v) is 11.2. The Morgan fingerprint density at radius 1 is 1.13 bits per heavy atom. The molecule has 1 aliphatic heterocycles. The van der Waals surface area contributed by atoms with Crippen molar-refractivity contribution in [3.63, 3.8) is 0 Å². The average molecular weight is 468 g/mol.